The molecule has 0 aromatic heterocycles. The van der Waals surface area contributed by atoms with Gasteiger partial charge in [-0.05, 0) is 65.8 Å². The molecule has 0 radical (unpaired) electrons. The van der Waals surface area contributed by atoms with Gasteiger partial charge in [0, 0.05) is 24.6 Å². The van der Waals surface area contributed by atoms with Crippen LogP contribution >= 0.6 is 0 Å². The van der Waals surface area contributed by atoms with Gasteiger partial charge in [-0.1, -0.05) is 91.0 Å². The number of carbonyl (C=O) groups excluding carboxylic acids is 1. The summed E-state index contributed by atoms with van der Waals surface area (Å²) in [6.45, 7) is 0.494. The normalized spacial score (nSPS) is 14.0. The first-order valence-electron chi connectivity index (χ1n) is 16.7. The lowest BCUT2D eigenvalue weighted by Crippen LogP contribution is -2.39. The molecule has 262 valence electrons. The van der Waals surface area contributed by atoms with Crippen LogP contribution in [-0.2, 0) is 40.6 Å². The molecule has 0 saturated carbocycles. The van der Waals surface area contributed by atoms with Crippen LogP contribution in [0.4, 0.5) is 5.69 Å². The molecule has 0 aliphatic carbocycles. The fourth-order valence-corrected chi connectivity index (χ4v) is 8.08. The van der Waals surface area contributed by atoms with Crippen LogP contribution in [0.3, 0.4) is 0 Å². The van der Waals surface area contributed by atoms with Gasteiger partial charge in [-0.25, -0.2) is 13.2 Å². The van der Waals surface area contributed by atoms with E-state index in [1.807, 2.05) is 42.5 Å². The number of nitro groups is 1. The van der Waals surface area contributed by atoms with Gasteiger partial charge in [0.2, 0.25) is 10.0 Å². The minimum Gasteiger partial charge on any atom is -0.493 e. The van der Waals surface area contributed by atoms with E-state index in [-0.39, 0.29) is 25.1 Å². The van der Waals surface area contributed by atoms with Crippen molar-refractivity contribution in [2.24, 2.45) is 0 Å². The van der Waals surface area contributed by atoms with E-state index in [0.29, 0.717) is 30.1 Å². The molecule has 0 fully saturated rings. The Bertz CT molecular complexity index is 2100. The third-order valence-electron chi connectivity index (χ3n) is 8.98. The zero-order valence-electron chi connectivity index (χ0n) is 28.1. The largest absolute Gasteiger partial charge is 0.493 e. The first-order chi connectivity index (χ1) is 24.7. The molecule has 0 bridgehead atoms. The molecular formula is C40H38N2O8S. The zero-order valence-corrected chi connectivity index (χ0v) is 29.0. The van der Waals surface area contributed by atoms with E-state index < -0.39 is 37.5 Å². The second kappa shape index (κ2) is 16.0. The SMILES string of the molecule is COC(=O)c1ccc2c(c1)OCCC2N(CCc1ccccc1OCc1ccc(CCc2ccccc2)cc1)S(=O)(=O)c1ccccc1[N+](=O)[O-]. The number of fused-ring (bicyclic) bond motifs is 1. The van der Waals surface area contributed by atoms with Crippen LogP contribution in [0.15, 0.2) is 126 Å². The Morgan fingerprint density at radius 2 is 1.51 bits per heavy atom. The summed E-state index contributed by atoms with van der Waals surface area (Å²) < 4.78 is 47.2. The summed E-state index contributed by atoms with van der Waals surface area (Å²) in [5, 5.41) is 12.0. The summed E-state index contributed by atoms with van der Waals surface area (Å²) in [4.78, 5) is 23.1. The van der Waals surface area contributed by atoms with E-state index in [1.165, 1.54) is 52.9 Å². The third kappa shape index (κ3) is 8.28. The molecule has 10 nitrogen and oxygen atoms in total. The number of aryl methyl sites for hydroxylation is 2. The number of ether oxygens (including phenoxy) is 3. The number of rotatable bonds is 14. The van der Waals surface area contributed by atoms with Crippen molar-refractivity contribution in [2.75, 3.05) is 20.3 Å². The molecule has 6 rings (SSSR count). The number of nitro benzene ring substituents is 1. The number of benzene rings is 5. The van der Waals surface area contributed by atoms with Crippen molar-refractivity contribution in [3.05, 3.63) is 165 Å². The Balaban J connectivity index is 1.23. The topological polar surface area (TPSA) is 125 Å². The van der Waals surface area contributed by atoms with Crippen LogP contribution in [0, 0.1) is 10.1 Å². The fraction of sp³-hybridized carbons (Fsp3) is 0.225. The lowest BCUT2D eigenvalue weighted by atomic mass is 9.98. The molecule has 0 spiro atoms. The van der Waals surface area contributed by atoms with Crippen molar-refractivity contribution in [2.45, 2.75) is 43.2 Å². The lowest BCUT2D eigenvalue weighted by Gasteiger charge is -2.35. The van der Waals surface area contributed by atoms with Crippen molar-refractivity contribution in [3.8, 4) is 11.5 Å². The second-order valence-corrected chi connectivity index (χ2v) is 14.0. The Labute approximate surface area is 297 Å². The van der Waals surface area contributed by atoms with E-state index in [2.05, 4.69) is 36.4 Å². The molecule has 1 aliphatic rings. The van der Waals surface area contributed by atoms with E-state index in [0.717, 1.165) is 24.0 Å². The second-order valence-electron chi connectivity index (χ2n) is 12.2. The van der Waals surface area contributed by atoms with E-state index >= 15 is 0 Å². The Hall–Kier alpha value is -5.52. The molecule has 0 saturated heterocycles. The molecule has 51 heavy (non-hydrogen) atoms. The lowest BCUT2D eigenvalue weighted by molar-refractivity contribution is -0.387. The van der Waals surface area contributed by atoms with Crippen LogP contribution in [0.2, 0.25) is 0 Å². The highest BCUT2D eigenvalue weighted by Crippen LogP contribution is 2.41. The maximum absolute atomic E-state index is 14.4. The molecular weight excluding hydrogens is 669 g/mol. The summed E-state index contributed by atoms with van der Waals surface area (Å²) in [5.41, 5.74) is 4.62. The van der Waals surface area contributed by atoms with Crippen molar-refractivity contribution in [1.29, 1.82) is 0 Å². The van der Waals surface area contributed by atoms with Gasteiger partial charge in [0.25, 0.3) is 5.69 Å². The molecule has 1 aliphatic heterocycles. The predicted molar refractivity (Wildman–Crippen MR) is 192 cm³/mol. The maximum atomic E-state index is 14.4. The monoisotopic (exact) mass is 706 g/mol. The average molecular weight is 707 g/mol. The van der Waals surface area contributed by atoms with Gasteiger partial charge in [-0.3, -0.25) is 10.1 Å². The molecule has 11 heteroatoms. The molecule has 1 heterocycles. The highest BCUT2D eigenvalue weighted by atomic mass is 32.2. The highest BCUT2D eigenvalue weighted by molar-refractivity contribution is 7.89. The van der Waals surface area contributed by atoms with Gasteiger partial charge in [-0.15, -0.1) is 0 Å². The van der Waals surface area contributed by atoms with E-state index in [9.17, 15) is 23.3 Å². The summed E-state index contributed by atoms with van der Waals surface area (Å²) >= 11 is 0. The standard InChI is InChI=1S/C40H38N2O8S/c1-48-40(43)33-21-22-34-35(24-26-49-38(34)27-33)41(51(46,47)39-14-8-6-12-36(39)42(44)45)25-23-32-11-5-7-13-37(32)50-28-31-19-17-30(18-20-31)16-15-29-9-3-2-4-10-29/h2-14,17-22,27,35H,15-16,23-26,28H2,1H3. The molecule has 0 amide bonds. The quantitative estimate of drug-likeness (QED) is 0.0661. The minimum atomic E-state index is -4.41. The molecule has 5 aromatic carbocycles. The summed E-state index contributed by atoms with van der Waals surface area (Å²) in [6.07, 6.45) is 2.46. The first-order valence-corrected chi connectivity index (χ1v) is 18.1. The number of carbonyl (C=O) groups is 1. The van der Waals surface area contributed by atoms with E-state index in [4.69, 9.17) is 14.2 Å². The molecule has 1 unspecified atom stereocenters. The summed E-state index contributed by atoms with van der Waals surface area (Å²) in [7, 11) is -3.14. The number of esters is 1. The van der Waals surface area contributed by atoms with Gasteiger partial charge >= 0.3 is 5.97 Å². The third-order valence-corrected chi connectivity index (χ3v) is 10.9. The summed E-state index contributed by atoms with van der Waals surface area (Å²) in [6, 6.07) is 35.5. The number of hydrogen-bond donors (Lipinski definition) is 0. The van der Waals surface area contributed by atoms with E-state index in [1.54, 1.807) is 12.1 Å². The molecule has 1 atom stereocenters. The van der Waals surface area contributed by atoms with Crippen LogP contribution < -0.4 is 9.47 Å². The van der Waals surface area contributed by atoms with Crippen LogP contribution in [0.1, 0.15) is 50.6 Å². The van der Waals surface area contributed by atoms with Crippen LogP contribution in [0.25, 0.3) is 0 Å². The Morgan fingerprint density at radius 1 is 0.843 bits per heavy atom. The highest BCUT2D eigenvalue weighted by Gasteiger charge is 2.39. The van der Waals surface area contributed by atoms with Gasteiger partial charge in [-0.2, -0.15) is 4.31 Å². The first kappa shape index (κ1) is 35.3. The van der Waals surface area contributed by atoms with Gasteiger partial charge < -0.3 is 14.2 Å². The predicted octanol–water partition coefficient (Wildman–Crippen LogP) is 7.50. The number of nitrogens with zero attached hydrogens (tertiary/aromatic N) is 2. The van der Waals surface area contributed by atoms with Crippen molar-refractivity contribution in [1.82, 2.24) is 4.31 Å². The van der Waals surface area contributed by atoms with Gasteiger partial charge in [0.1, 0.15) is 18.1 Å². The number of hydrogen-bond acceptors (Lipinski definition) is 8. The van der Waals surface area contributed by atoms with Crippen LogP contribution in [0.5, 0.6) is 11.5 Å². The summed E-state index contributed by atoms with van der Waals surface area (Å²) in [5.74, 6) is 0.416. The zero-order chi connectivity index (χ0) is 35.8. The maximum Gasteiger partial charge on any atom is 0.337 e. The Morgan fingerprint density at radius 3 is 2.25 bits per heavy atom. The average Bonchev–Trinajstić information content (AvgIpc) is 3.17. The number of para-hydroxylation sites is 2. The fourth-order valence-electron chi connectivity index (χ4n) is 6.29. The van der Waals surface area contributed by atoms with Gasteiger partial charge in [0.05, 0.1) is 30.2 Å². The van der Waals surface area contributed by atoms with Crippen molar-refractivity contribution < 1.29 is 32.3 Å². The smallest absolute Gasteiger partial charge is 0.337 e. The number of sulfonamides is 1. The number of methoxy groups -OCH3 is 1. The molecule has 0 N–H and O–H groups in total. The van der Waals surface area contributed by atoms with Gasteiger partial charge in [0.15, 0.2) is 4.90 Å². The van der Waals surface area contributed by atoms with Crippen molar-refractivity contribution >= 4 is 21.7 Å². The molecule has 5 aromatic rings. The van der Waals surface area contributed by atoms with Crippen molar-refractivity contribution in [3.63, 3.8) is 0 Å². The minimum absolute atomic E-state index is 0.00622. The Kier molecular flexibility index (Phi) is 11.1. The van der Waals surface area contributed by atoms with Crippen LogP contribution in [-0.4, -0.2) is 43.9 Å².